The van der Waals surface area contributed by atoms with Gasteiger partial charge in [0.1, 0.15) is 11.4 Å². The lowest BCUT2D eigenvalue weighted by Crippen LogP contribution is -2.39. The Morgan fingerprint density at radius 3 is 2.55 bits per heavy atom. The van der Waals surface area contributed by atoms with Crippen LogP contribution in [0.5, 0.6) is 5.75 Å². The molecule has 2 amide bonds. The highest BCUT2D eigenvalue weighted by atomic mass is 32.1. The normalized spacial score (nSPS) is 13.6. The summed E-state index contributed by atoms with van der Waals surface area (Å²) in [7, 11) is 1.55. The molecule has 4 rings (SSSR count). The Morgan fingerprint density at radius 1 is 1.16 bits per heavy atom. The fraction of sp³-hybridized carbons (Fsp3) is 0.348. The molecule has 0 spiro atoms. The second kappa shape index (κ2) is 8.19. The Bertz CT molecular complexity index is 1150. The number of nitrogens with one attached hydrogen (secondary N) is 1. The molecule has 7 nitrogen and oxygen atoms in total. The Labute approximate surface area is 185 Å². The molecular formula is C23H25N3O4S. The molecule has 0 radical (unpaired) electrons. The van der Waals surface area contributed by atoms with Crippen LogP contribution in [-0.2, 0) is 17.7 Å². The monoisotopic (exact) mass is 439 g/mol. The number of hydrogen-bond donors (Lipinski definition) is 1. The third-order valence-electron chi connectivity index (χ3n) is 4.92. The van der Waals surface area contributed by atoms with Crippen LogP contribution < -0.4 is 10.1 Å². The average Bonchev–Trinajstić information content (AvgIpc) is 3.12. The molecule has 1 N–H and O–H groups in total. The number of aromatic nitrogens is 1. The van der Waals surface area contributed by atoms with Gasteiger partial charge in [-0.1, -0.05) is 35.6 Å². The molecule has 0 bridgehead atoms. The summed E-state index contributed by atoms with van der Waals surface area (Å²) in [6.07, 6.45) is 0.290. The summed E-state index contributed by atoms with van der Waals surface area (Å²) in [5.74, 6) is 0.228. The number of anilines is 1. The number of nitrogens with zero attached hydrogens (tertiary/aromatic N) is 2. The van der Waals surface area contributed by atoms with Gasteiger partial charge in [0.05, 0.1) is 24.9 Å². The zero-order valence-electron chi connectivity index (χ0n) is 18.0. The first kappa shape index (κ1) is 21.1. The third kappa shape index (κ3) is 4.64. The van der Waals surface area contributed by atoms with Crippen molar-refractivity contribution in [1.29, 1.82) is 0 Å². The van der Waals surface area contributed by atoms with Gasteiger partial charge in [0, 0.05) is 17.8 Å². The van der Waals surface area contributed by atoms with E-state index in [-0.39, 0.29) is 12.0 Å². The first-order valence-corrected chi connectivity index (χ1v) is 10.9. The highest BCUT2D eigenvalue weighted by molar-refractivity contribution is 7.15. The van der Waals surface area contributed by atoms with Crippen molar-refractivity contribution in [2.45, 2.75) is 39.3 Å². The molecule has 0 unspecified atom stereocenters. The summed E-state index contributed by atoms with van der Waals surface area (Å²) < 4.78 is 10.9. The van der Waals surface area contributed by atoms with Crippen molar-refractivity contribution in [3.8, 4) is 5.75 Å². The Balaban J connectivity index is 1.51. The molecule has 1 aliphatic heterocycles. The fourth-order valence-electron chi connectivity index (χ4n) is 3.46. The van der Waals surface area contributed by atoms with Gasteiger partial charge in [-0.2, -0.15) is 0 Å². The number of carbonyl (C=O) groups excluding carboxylic acids is 2. The average molecular weight is 440 g/mol. The van der Waals surface area contributed by atoms with Gasteiger partial charge < -0.3 is 14.4 Å². The molecule has 0 atom stereocenters. The van der Waals surface area contributed by atoms with Crippen molar-refractivity contribution >= 4 is 39.2 Å². The van der Waals surface area contributed by atoms with E-state index in [9.17, 15) is 9.59 Å². The first-order valence-electron chi connectivity index (χ1n) is 10.1. The van der Waals surface area contributed by atoms with Crippen molar-refractivity contribution in [1.82, 2.24) is 9.88 Å². The first-order chi connectivity index (χ1) is 14.7. The van der Waals surface area contributed by atoms with Crippen LogP contribution in [0.1, 0.15) is 41.7 Å². The van der Waals surface area contributed by atoms with Crippen LogP contribution in [0.25, 0.3) is 10.8 Å². The topological polar surface area (TPSA) is 80.8 Å². The lowest BCUT2D eigenvalue weighted by atomic mass is 10.1. The van der Waals surface area contributed by atoms with E-state index in [0.29, 0.717) is 36.0 Å². The van der Waals surface area contributed by atoms with Gasteiger partial charge in [-0.25, -0.2) is 9.78 Å². The largest absolute Gasteiger partial charge is 0.496 e. The number of fused-ring (bicyclic) bond motifs is 2. The Hall–Kier alpha value is -3.13. The van der Waals surface area contributed by atoms with Gasteiger partial charge in [-0.15, -0.1) is 0 Å². The van der Waals surface area contributed by atoms with Crippen molar-refractivity contribution in [2.24, 2.45) is 0 Å². The molecular weight excluding hydrogens is 414 g/mol. The van der Waals surface area contributed by atoms with Crippen molar-refractivity contribution in [3.05, 3.63) is 52.5 Å². The minimum absolute atomic E-state index is 0.280. The zero-order chi connectivity index (χ0) is 22.2. The number of benzene rings is 2. The molecule has 0 fully saturated rings. The number of rotatable bonds is 3. The van der Waals surface area contributed by atoms with Gasteiger partial charge in [0.2, 0.25) is 0 Å². The predicted molar refractivity (Wildman–Crippen MR) is 121 cm³/mol. The summed E-state index contributed by atoms with van der Waals surface area (Å²) in [5.41, 5.74) is 0.818. The van der Waals surface area contributed by atoms with Gasteiger partial charge >= 0.3 is 6.09 Å². The number of carbonyl (C=O) groups is 2. The molecule has 2 aromatic carbocycles. The van der Waals surface area contributed by atoms with Crippen LogP contribution in [-0.4, -0.2) is 41.1 Å². The van der Waals surface area contributed by atoms with Crippen molar-refractivity contribution in [3.63, 3.8) is 0 Å². The number of hydrogen-bond acceptors (Lipinski definition) is 6. The van der Waals surface area contributed by atoms with Gasteiger partial charge in [0.25, 0.3) is 5.91 Å². The summed E-state index contributed by atoms with van der Waals surface area (Å²) in [6.45, 7) is 6.51. The van der Waals surface area contributed by atoms with Crippen LogP contribution in [0.4, 0.5) is 9.93 Å². The molecule has 2 heterocycles. The summed E-state index contributed by atoms with van der Waals surface area (Å²) >= 11 is 1.38. The number of thiazole rings is 1. The fourth-order valence-corrected chi connectivity index (χ4v) is 4.48. The summed E-state index contributed by atoms with van der Waals surface area (Å²) in [4.78, 5) is 32.5. The van der Waals surface area contributed by atoms with Crippen LogP contribution in [0, 0.1) is 0 Å². The molecule has 1 aliphatic rings. The van der Waals surface area contributed by atoms with E-state index in [2.05, 4.69) is 10.3 Å². The second-order valence-corrected chi connectivity index (χ2v) is 9.48. The van der Waals surface area contributed by atoms with Gasteiger partial charge in [0.15, 0.2) is 5.13 Å². The highest BCUT2D eigenvalue weighted by Gasteiger charge is 2.28. The van der Waals surface area contributed by atoms with E-state index in [1.165, 1.54) is 11.3 Å². The Kier molecular flexibility index (Phi) is 5.58. The van der Waals surface area contributed by atoms with E-state index in [1.54, 1.807) is 12.0 Å². The zero-order valence-corrected chi connectivity index (χ0v) is 18.8. The second-order valence-electron chi connectivity index (χ2n) is 8.39. The van der Waals surface area contributed by atoms with Crippen molar-refractivity contribution < 1.29 is 19.1 Å². The quantitative estimate of drug-likeness (QED) is 0.631. The van der Waals surface area contributed by atoms with Crippen LogP contribution in [0.2, 0.25) is 0 Å². The number of ether oxygens (including phenoxy) is 2. The van der Waals surface area contributed by atoms with Crippen LogP contribution in [0.3, 0.4) is 0 Å². The van der Waals surface area contributed by atoms with E-state index in [1.807, 2.05) is 57.2 Å². The maximum atomic E-state index is 13.0. The van der Waals surface area contributed by atoms with Crippen LogP contribution in [0.15, 0.2) is 36.4 Å². The number of amides is 2. The van der Waals surface area contributed by atoms with Crippen molar-refractivity contribution in [2.75, 3.05) is 19.0 Å². The van der Waals surface area contributed by atoms with E-state index in [4.69, 9.17) is 9.47 Å². The van der Waals surface area contributed by atoms with E-state index >= 15 is 0 Å². The van der Waals surface area contributed by atoms with E-state index in [0.717, 1.165) is 21.3 Å². The third-order valence-corrected chi connectivity index (χ3v) is 5.91. The highest BCUT2D eigenvalue weighted by Crippen LogP contribution is 2.31. The van der Waals surface area contributed by atoms with Crippen LogP contribution >= 0.6 is 11.3 Å². The molecule has 31 heavy (non-hydrogen) atoms. The molecule has 3 aromatic rings. The molecule has 0 aliphatic carbocycles. The van der Waals surface area contributed by atoms with Gasteiger partial charge in [-0.05, 0) is 43.7 Å². The maximum Gasteiger partial charge on any atom is 0.410 e. The van der Waals surface area contributed by atoms with Gasteiger partial charge in [-0.3, -0.25) is 10.1 Å². The Morgan fingerprint density at radius 2 is 1.87 bits per heavy atom. The SMILES string of the molecule is COc1cc2ccccc2cc1C(=O)Nc1nc2c(s1)CN(C(=O)OC(C)(C)C)CC2. The van der Waals surface area contributed by atoms with E-state index < -0.39 is 5.60 Å². The summed E-state index contributed by atoms with van der Waals surface area (Å²) in [5, 5.41) is 5.36. The molecule has 1 aromatic heterocycles. The maximum absolute atomic E-state index is 13.0. The molecule has 0 saturated heterocycles. The number of methoxy groups -OCH3 is 1. The predicted octanol–water partition coefficient (Wildman–Crippen LogP) is 4.85. The minimum atomic E-state index is -0.539. The lowest BCUT2D eigenvalue weighted by Gasteiger charge is -2.29. The standard InChI is InChI=1S/C23H25N3O4S/c1-23(2,3)30-22(28)26-10-9-17-19(13-26)31-21(24-17)25-20(27)16-11-14-7-5-6-8-15(14)12-18(16)29-4/h5-8,11-12H,9-10,13H2,1-4H3,(H,24,25,27). The summed E-state index contributed by atoms with van der Waals surface area (Å²) in [6, 6.07) is 11.5. The molecule has 162 valence electrons. The lowest BCUT2D eigenvalue weighted by molar-refractivity contribution is 0.0225. The minimum Gasteiger partial charge on any atom is -0.496 e. The molecule has 0 saturated carbocycles. The molecule has 8 heteroatoms. The smallest absolute Gasteiger partial charge is 0.410 e.